The molecule has 0 heterocycles. The molecule has 4 nitrogen and oxygen atoms in total. The van der Waals surface area contributed by atoms with Crippen LogP contribution in [0.2, 0.25) is 0 Å². The second-order valence-corrected chi connectivity index (χ2v) is 11.1. The molecular formula is C31H62O4. The zero-order chi connectivity index (χ0) is 26.3. The molecule has 0 fully saturated rings. The van der Waals surface area contributed by atoms with Crippen molar-refractivity contribution in [3.05, 3.63) is 0 Å². The van der Waals surface area contributed by atoms with Gasteiger partial charge >= 0.3 is 0 Å². The first-order valence-corrected chi connectivity index (χ1v) is 15.5. The number of unbranched alkanes of at least 4 members (excludes halogenated alkanes) is 18. The summed E-state index contributed by atoms with van der Waals surface area (Å²) < 4.78 is 0. The van der Waals surface area contributed by atoms with E-state index in [4.69, 9.17) is 0 Å². The first-order chi connectivity index (χ1) is 16.9. The second kappa shape index (κ2) is 22.7. The highest BCUT2D eigenvalue weighted by atomic mass is 16.4. The van der Waals surface area contributed by atoms with Crippen LogP contribution in [-0.2, 0) is 4.79 Å². The Bertz CT molecular complexity index is 469. The van der Waals surface area contributed by atoms with E-state index in [0.717, 1.165) is 57.8 Å². The molecule has 0 aromatic rings. The van der Waals surface area contributed by atoms with Gasteiger partial charge in [-0.2, -0.15) is 0 Å². The SMILES string of the molecule is CCCCCCCCCCCCCCCCCC(=O)C(O)(CO)C(O)(CCCCC)CCCCC. The lowest BCUT2D eigenvalue weighted by molar-refractivity contribution is -0.190. The second-order valence-electron chi connectivity index (χ2n) is 11.1. The van der Waals surface area contributed by atoms with Crippen molar-refractivity contribution in [2.24, 2.45) is 0 Å². The van der Waals surface area contributed by atoms with Crippen LogP contribution in [-0.4, -0.2) is 38.9 Å². The molecule has 1 unspecified atom stereocenters. The maximum Gasteiger partial charge on any atom is 0.174 e. The molecule has 4 heteroatoms. The topological polar surface area (TPSA) is 77.8 Å². The summed E-state index contributed by atoms with van der Waals surface area (Å²) in [5, 5.41) is 32.5. The summed E-state index contributed by atoms with van der Waals surface area (Å²) >= 11 is 0. The molecule has 210 valence electrons. The first kappa shape index (κ1) is 34.6. The van der Waals surface area contributed by atoms with Gasteiger partial charge in [-0.25, -0.2) is 0 Å². The molecule has 0 aromatic carbocycles. The Kier molecular flexibility index (Phi) is 22.4. The van der Waals surface area contributed by atoms with Crippen LogP contribution in [0.1, 0.15) is 175 Å². The molecule has 0 aliphatic carbocycles. The molecule has 3 N–H and O–H groups in total. The van der Waals surface area contributed by atoms with Crippen molar-refractivity contribution < 1.29 is 20.1 Å². The van der Waals surface area contributed by atoms with Crippen molar-refractivity contribution in [3.63, 3.8) is 0 Å². The monoisotopic (exact) mass is 498 g/mol. The van der Waals surface area contributed by atoms with Gasteiger partial charge in [0.25, 0.3) is 0 Å². The molecule has 0 saturated carbocycles. The van der Waals surface area contributed by atoms with Crippen molar-refractivity contribution in [3.8, 4) is 0 Å². The minimum atomic E-state index is -2.04. The van der Waals surface area contributed by atoms with E-state index in [1.165, 1.54) is 77.0 Å². The minimum Gasteiger partial charge on any atom is -0.393 e. The lowest BCUT2D eigenvalue weighted by atomic mass is 9.72. The number of carbonyl (C=O) groups is 1. The zero-order valence-corrected chi connectivity index (χ0v) is 23.9. The Morgan fingerprint density at radius 3 is 1.17 bits per heavy atom. The molecule has 0 saturated heterocycles. The summed E-state index contributed by atoms with van der Waals surface area (Å²) in [6.45, 7) is 5.76. The maximum absolute atomic E-state index is 13.0. The highest BCUT2D eigenvalue weighted by Gasteiger charge is 2.52. The fourth-order valence-electron chi connectivity index (χ4n) is 5.23. The lowest BCUT2D eigenvalue weighted by Crippen LogP contribution is -2.61. The van der Waals surface area contributed by atoms with Crippen molar-refractivity contribution in [1.82, 2.24) is 0 Å². The van der Waals surface area contributed by atoms with Crippen molar-refractivity contribution in [1.29, 1.82) is 0 Å². The highest BCUT2D eigenvalue weighted by molar-refractivity contribution is 5.88. The summed E-state index contributed by atoms with van der Waals surface area (Å²) in [7, 11) is 0. The molecule has 0 spiro atoms. The number of aliphatic hydroxyl groups excluding tert-OH is 1. The summed E-state index contributed by atoms with van der Waals surface area (Å²) in [4.78, 5) is 13.0. The average molecular weight is 499 g/mol. The Hall–Kier alpha value is -0.450. The first-order valence-electron chi connectivity index (χ1n) is 15.5. The number of ketones is 1. The number of carbonyl (C=O) groups excluding carboxylic acids is 1. The van der Waals surface area contributed by atoms with E-state index in [1.54, 1.807) is 0 Å². The smallest absolute Gasteiger partial charge is 0.174 e. The van der Waals surface area contributed by atoms with Gasteiger partial charge in [0.2, 0.25) is 0 Å². The number of hydrogen-bond donors (Lipinski definition) is 3. The van der Waals surface area contributed by atoms with Crippen molar-refractivity contribution >= 4 is 5.78 Å². The summed E-state index contributed by atoms with van der Waals surface area (Å²) in [6.07, 6.45) is 25.4. The van der Waals surface area contributed by atoms with Crippen molar-refractivity contribution in [2.75, 3.05) is 6.61 Å². The predicted molar refractivity (Wildman–Crippen MR) is 150 cm³/mol. The van der Waals surface area contributed by atoms with Gasteiger partial charge in [0.15, 0.2) is 11.4 Å². The third-order valence-corrected chi connectivity index (χ3v) is 7.86. The normalized spacial score (nSPS) is 13.8. The van der Waals surface area contributed by atoms with E-state index >= 15 is 0 Å². The van der Waals surface area contributed by atoms with Gasteiger partial charge in [-0.15, -0.1) is 0 Å². The largest absolute Gasteiger partial charge is 0.393 e. The zero-order valence-electron chi connectivity index (χ0n) is 23.9. The van der Waals surface area contributed by atoms with E-state index in [9.17, 15) is 20.1 Å². The molecule has 0 aliphatic rings. The van der Waals surface area contributed by atoms with Crippen LogP contribution in [0.25, 0.3) is 0 Å². The number of Topliss-reactive ketones (excluding diaryl/α,β-unsaturated/α-hetero) is 1. The fourth-order valence-corrected chi connectivity index (χ4v) is 5.23. The molecule has 0 bridgehead atoms. The fraction of sp³-hybridized carbons (Fsp3) is 0.968. The molecule has 0 aromatic heterocycles. The van der Waals surface area contributed by atoms with E-state index < -0.39 is 17.8 Å². The van der Waals surface area contributed by atoms with Gasteiger partial charge in [-0.05, 0) is 19.3 Å². The third kappa shape index (κ3) is 15.4. The number of aliphatic hydroxyl groups is 3. The van der Waals surface area contributed by atoms with Gasteiger partial charge in [0.1, 0.15) is 5.60 Å². The van der Waals surface area contributed by atoms with E-state index in [0.29, 0.717) is 12.8 Å². The molecule has 0 rings (SSSR count). The van der Waals surface area contributed by atoms with Gasteiger partial charge in [0.05, 0.1) is 6.61 Å². The molecule has 0 radical (unpaired) electrons. The van der Waals surface area contributed by atoms with Crippen LogP contribution < -0.4 is 0 Å². The standard InChI is InChI=1S/C31H62O4/c1-4-7-10-11-12-13-14-15-16-17-18-19-20-21-22-25-29(33)31(35,28-32)30(34,26-23-8-5-2)27-24-9-6-3/h32,34-35H,4-28H2,1-3H3. The van der Waals surface area contributed by atoms with Gasteiger partial charge in [-0.1, -0.05) is 149 Å². The number of rotatable bonds is 27. The van der Waals surface area contributed by atoms with Crippen LogP contribution in [0.15, 0.2) is 0 Å². The molecule has 0 amide bonds. The third-order valence-electron chi connectivity index (χ3n) is 7.86. The van der Waals surface area contributed by atoms with E-state index in [-0.39, 0.29) is 12.2 Å². The molecule has 0 aliphatic heterocycles. The van der Waals surface area contributed by atoms with Gasteiger partial charge in [0, 0.05) is 6.42 Å². The average Bonchev–Trinajstić information content (AvgIpc) is 2.85. The quantitative estimate of drug-likeness (QED) is 0.0993. The van der Waals surface area contributed by atoms with Crippen molar-refractivity contribution in [2.45, 2.75) is 186 Å². The van der Waals surface area contributed by atoms with Crippen LogP contribution in [0.5, 0.6) is 0 Å². The highest BCUT2D eigenvalue weighted by Crippen LogP contribution is 2.35. The Morgan fingerprint density at radius 1 is 0.514 bits per heavy atom. The number of hydrogen-bond acceptors (Lipinski definition) is 4. The Balaban J connectivity index is 4.15. The lowest BCUT2D eigenvalue weighted by Gasteiger charge is -2.42. The molecular weight excluding hydrogens is 436 g/mol. The summed E-state index contributed by atoms with van der Waals surface area (Å²) in [6, 6.07) is 0. The van der Waals surface area contributed by atoms with E-state index in [1.807, 2.05) is 0 Å². The summed E-state index contributed by atoms with van der Waals surface area (Å²) in [5.41, 5.74) is -3.57. The predicted octanol–water partition coefficient (Wildman–Crippen LogP) is 8.43. The van der Waals surface area contributed by atoms with E-state index in [2.05, 4.69) is 20.8 Å². The Labute approximate surface area is 218 Å². The van der Waals surface area contributed by atoms with Crippen LogP contribution in [0.3, 0.4) is 0 Å². The Morgan fingerprint density at radius 2 is 0.829 bits per heavy atom. The van der Waals surface area contributed by atoms with Crippen LogP contribution in [0.4, 0.5) is 0 Å². The van der Waals surface area contributed by atoms with Gasteiger partial charge < -0.3 is 15.3 Å². The summed E-state index contributed by atoms with van der Waals surface area (Å²) in [5.74, 6) is -0.384. The van der Waals surface area contributed by atoms with Crippen LogP contribution in [0, 0.1) is 0 Å². The van der Waals surface area contributed by atoms with Gasteiger partial charge in [-0.3, -0.25) is 4.79 Å². The molecule has 35 heavy (non-hydrogen) atoms. The molecule has 1 atom stereocenters. The maximum atomic E-state index is 13.0. The van der Waals surface area contributed by atoms with Crippen LogP contribution >= 0.6 is 0 Å². The minimum absolute atomic E-state index is 0.235.